The Kier molecular flexibility index (Phi) is 5.48. The molecule has 0 saturated heterocycles. The lowest BCUT2D eigenvalue weighted by Gasteiger charge is -2.08. The minimum atomic E-state index is 0.229. The smallest absolute Gasteiger partial charge is 0.00992 e. The van der Waals surface area contributed by atoms with Gasteiger partial charge in [0.25, 0.3) is 0 Å². The Labute approximate surface area is 146 Å². The number of allylic oxidation sites excluding steroid dienone is 3. The summed E-state index contributed by atoms with van der Waals surface area (Å²) in [6.07, 6.45) is 16.3. The largest absolute Gasteiger partial charge is 0.103 e. The van der Waals surface area contributed by atoms with E-state index in [0.29, 0.717) is 0 Å². The SMILES string of the molecule is C=CCCC[C@@H]1CC1(/C=C/c1ccccc1)/C=C/c1ccccc1. The van der Waals surface area contributed by atoms with Crippen molar-refractivity contribution < 1.29 is 0 Å². The van der Waals surface area contributed by atoms with Crippen LogP contribution in [0.15, 0.2) is 85.5 Å². The Morgan fingerprint density at radius 2 is 1.42 bits per heavy atom. The molecule has 0 nitrogen and oxygen atoms in total. The highest BCUT2D eigenvalue weighted by atomic mass is 14.5. The van der Waals surface area contributed by atoms with Crippen molar-refractivity contribution in [3.8, 4) is 0 Å². The molecule has 0 spiro atoms. The van der Waals surface area contributed by atoms with Gasteiger partial charge < -0.3 is 0 Å². The van der Waals surface area contributed by atoms with Crippen LogP contribution in [-0.4, -0.2) is 0 Å². The number of unbranched alkanes of at least 4 members (excludes halogenated alkanes) is 1. The summed E-state index contributed by atoms with van der Waals surface area (Å²) in [5, 5.41) is 0. The maximum Gasteiger partial charge on any atom is 0.00992 e. The van der Waals surface area contributed by atoms with Gasteiger partial charge >= 0.3 is 0 Å². The summed E-state index contributed by atoms with van der Waals surface area (Å²) in [7, 11) is 0. The van der Waals surface area contributed by atoms with Crippen molar-refractivity contribution in [2.75, 3.05) is 0 Å². The predicted octanol–water partition coefficient (Wildman–Crippen LogP) is 6.78. The van der Waals surface area contributed by atoms with Crippen molar-refractivity contribution in [3.63, 3.8) is 0 Å². The average molecular weight is 314 g/mol. The van der Waals surface area contributed by atoms with E-state index >= 15 is 0 Å². The summed E-state index contributed by atoms with van der Waals surface area (Å²) in [4.78, 5) is 0. The van der Waals surface area contributed by atoms with E-state index < -0.39 is 0 Å². The van der Waals surface area contributed by atoms with Crippen LogP contribution in [0.25, 0.3) is 12.2 Å². The highest BCUT2D eigenvalue weighted by molar-refractivity contribution is 5.56. The predicted molar refractivity (Wildman–Crippen MR) is 106 cm³/mol. The summed E-state index contributed by atoms with van der Waals surface area (Å²) in [6.45, 7) is 3.84. The molecular weight excluding hydrogens is 288 g/mol. The maximum atomic E-state index is 3.84. The van der Waals surface area contributed by atoms with Gasteiger partial charge in [-0.2, -0.15) is 0 Å². The molecule has 0 N–H and O–H groups in total. The quantitative estimate of drug-likeness (QED) is 0.372. The molecule has 24 heavy (non-hydrogen) atoms. The number of hydrogen-bond donors (Lipinski definition) is 0. The standard InChI is InChI=1S/C24H26/c1-2-3-6-15-23-20-24(23,18-16-21-11-7-4-8-12-21)19-17-22-13-9-5-10-14-22/h2,4-5,7-14,16-19,23H,1,3,6,15,20H2/b18-16+,19-17+/t23-/m1/s1. The molecule has 1 saturated carbocycles. The molecule has 0 radical (unpaired) electrons. The normalized spacial score (nSPS) is 18.9. The maximum absolute atomic E-state index is 3.84. The number of benzene rings is 2. The van der Waals surface area contributed by atoms with E-state index in [9.17, 15) is 0 Å². The van der Waals surface area contributed by atoms with Crippen molar-refractivity contribution in [2.24, 2.45) is 11.3 Å². The zero-order valence-corrected chi connectivity index (χ0v) is 14.3. The van der Waals surface area contributed by atoms with Crippen molar-refractivity contribution in [3.05, 3.63) is 96.6 Å². The second-order valence-electron chi connectivity index (χ2n) is 6.72. The van der Waals surface area contributed by atoms with Crippen LogP contribution < -0.4 is 0 Å². The van der Waals surface area contributed by atoms with Crippen LogP contribution in [0.1, 0.15) is 36.8 Å². The molecule has 3 rings (SSSR count). The fourth-order valence-electron chi connectivity index (χ4n) is 3.34. The summed E-state index contributed by atoms with van der Waals surface area (Å²) in [6, 6.07) is 21.2. The van der Waals surface area contributed by atoms with Gasteiger partial charge in [-0.1, -0.05) is 91.0 Å². The lowest BCUT2D eigenvalue weighted by molar-refractivity contribution is 0.606. The Morgan fingerprint density at radius 1 is 0.875 bits per heavy atom. The van der Waals surface area contributed by atoms with E-state index in [0.717, 1.165) is 12.3 Å². The second kappa shape index (κ2) is 7.97. The van der Waals surface area contributed by atoms with Crippen molar-refractivity contribution in [1.29, 1.82) is 0 Å². The van der Waals surface area contributed by atoms with E-state index in [1.165, 1.54) is 30.4 Å². The first-order valence-electron chi connectivity index (χ1n) is 8.92. The molecule has 0 aliphatic heterocycles. The van der Waals surface area contributed by atoms with Gasteiger partial charge in [-0.25, -0.2) is 0 Å². The summed E-state index contributed by atoms with van der Waals surface area (Å²) >= 11 is 0. The third kappa shape index (κ3) is 4.35. The first kappa shape index (κ1) is 16.5. The van der Waals surface area contributed by atoms with E-state index in [1.54, 1.807) is 0 Å². The van der Waals surface area contributed by atoms with Gasteiger partial charge in [-0.3, -0.25) is 0 Å². The molecule has 0 amide bonds. The minimum Gasteiger partial charge on any atom is -0.103 e. The Bertz CT molecular complexity index is 642. The molecule has 0 bridgehead atoms. The van der Waals surface area contributed by atoms with Crippen LogP contribution in [0.4, 0.5) is 0 Å². The minimum absolute atomic E-state index is 0.229. The van der Waals surface area contributed by atoms with E-state index in [1.807, 2.05) is 6.08 Å². The lowest BCUT2D eigenvalue weighted by atomic mass is 9.97. The Morgan fingerprint density at radius 3 is 1.92 bits per heavy atom. The van der Waals surface area contributed by atoms with Crippen LogP contribution in [0.2, 0.25) is 0 Å². The van der Waals surface area contributed by atoms with Crippen LogP contribution in [0.3, 0.4) is 0 Å². The highest BCUT2D eigenvalue weighted by Gasteiger charge is 2.48. The van der Waals surface area contributed by atoms with Crippen molar-refractivity contribution in [2.45, 2.75) is 25.7 Å². The summed E-state index contributed by atoms with van der Waals surface area (Å²) in [5.41, 5.74) is 2.79. The van der Waals surface area contributed by atoms with E-state index in [-0.39, 0.29) is 5.41 Å². The third-order valence-electron chi connectivity index (χ3n) is 4.93. The van der Waals surface area contributed by atoms with Crippen LogP contribution in [-0.2, 0) is 0 Å². The fourth-order valence-corrected chi connectivity index (χ4v) is 3.34. The van der Waals surface area contributed by atoms with Gasteiger partial charge in [0.05, 0.1) is 0 Å². The second-order valence-corrected chi connectivity index (χ2v) is 6.72. The molecule has 0 unspecified atom stereocenters. The third-order valence-corrected chi connectivity index (χ3v) is 4.93. The van der Waals surface area contributed by atoms with Gasteiger partial charge in [0.1, 0.15) is 0 Å². The molecule has 122 valence electrons. The van der Waals surface area contributed by atoms with Crippen LogP contribution in [0.5, 0.6) is 0 Å². The van der Waals surface area contributed by atoms with Crippen LogP contribution in [0, 0.1) is 11.3 Å². The lowest BCUT2D eigenvalue weighted by Crippen LogP contribution is -1.96. The molecule has 1 aliphatic rings. The first-order valence-corrected chi connectivity index (χ1v) is 8.92. The molecule has 1 fully saturated rings. The molecule has 1 atom stereocenters. The molecular formula is C24H26. The molecule has 2 aromatic carbocycles. The fraction of sp³-hybridized carbons (Fsp3) is 0.250. The van der Waals surface area contributed by atoms with Gasteiger partial charge in [0.2, 0.25) is 0 Å². The number of rotatable bonds is 8. The van der Waals surface area contributed by atoms with Crippen LogP contribution >= 0.6 is 0 Å². The van der Waals surface area contributed by atoms with Gasteiger partial charge in [-0.15, -0.1) is 6.58 Å². The van der Waals surface area contributed by atoms with Crippen molar-refractivity contribution in [1.82, 2.24) is 0 Å². The Balaban J connectivity index is 1.74. The monoisotopic (exact) mass is 314 g/mol. The molecule has 0 heteroatoms. The highest BCUT2D eigenvalue weighted by Crippen LogP contribution is 2.58. The summed E-state index contributed by atoms with van der Waals surface area (Å²) < 4.78 is 0. The molecule has 1 aliphatic carbocycles. The van der Waals surface area contributed by atoms with Gasteiger partial charge in [0.15, 0.2) is 0 Å². The summed E-state index contributed by atoms with van der Waals surface area (Å²) in [5.74, 6) is 0.761. The van der Waals surface area contributed by atoms with Gasteiger partial charge in [0, 0.05) is 5.41 Å². The topological polar surface area (TPSA) is 0 Å². The first-order chi connectivity index (χ1) is 11.8. The zero-order valence-electron chi connectivity index (χ0n) is 14.3. The van der Waals surface area contributed by atoms with E-state index in [4.69, 9.17) is 0 Å². The van der Waals surface area contributed by atoms with Gasteiger partial charge in [-0.05, 0) is 42.7 Å². The van der Waals surface area contributed by atoms with Crippen molar-refractivity contribution >= 4 is 12.2 Å². The average Bonchev–Trinajstić information content (AvgIpc) is 3.34. The Hall–Kier alpha value is -2.34. The number of hydrogen-bond acceptors (Lipinski definition) is 0. The molecule has 2 aromatic rings. The zero-order chi connectivity index (χ0) is 16.7. The van der Waals surface area contributed by atoms with E-state index in [2.05, 4.69) is 91.5 Å². The molecule has 0 aromatic heterocycles. The molecule has 0 heterocycles.